The number of imidazole rings is 1. The minimum Gasteiger partial charge on any atom is -0.419 e. The molecule has 8 nitrogen and oxygen atoms in total. The van der Waals surface area contributed by atoms with Gasteiger partial charge in [-0.15, -0.1) is 10.2 Å². The van der Waals surface area contributed by atoms with Crippen LogP contribution in [0.4, 0.5) is 11.8 Å². The number of piperidine rings is 1. The highest BCUT2D eigenvalue weighted by atomic mass is 35.5. The van der Waals surface area contributed by atoms with Crippen molar-refractivity contribution >= 4 is 35.0 Å². The van der Waals surface area contributed by atoms with E-state index in [1.54, 1.807) is 12.1 Å². The van der Waals surface area contributed by atoms with Crippen LogP contribution in [0.5, 0.6) is 0 Å². The molecule has 1 aromatic carbocycles. The highest BCUT2D eigenvalue weighted by Crippen LogP contribution is 2.33. The first-order chi connectivity index (χ1) is 15.0. The largest absolute Gasteiger partial charge is 0.419 e. The third-order valence-electron chi connectivity index (χ3n) is 5.83. The lowest BCUT2D eigenvalue weighted by atomic mass is 10.1. The Kier molecular flexibility index (Phi) is 5.54. The minimum atomic E-state index is 0.427. The van der Waals surface area contributed by atoms with Crippen LogP contribution in [0.2, 0.25) is 10.0 Å². The maximum absolute atomic E-state index is 6.15. The number of benzene rings is 1. The van der Waals surface area contributed by atoms with E-state index >= 15 is 0 Å². The van der Waals surface area contributed by atoms with E-state index in [1.165, 1.54) is 25.0 Å². The van der Waals surface area contributed by atoms with E-state index in [0.717, 1.165) is 43.6 Å². The van der Waals surface area contributed by atoms with E-state index in [2.05, 4.69) is 43.6 Å². The molecule has 1 saturated heterocycles. The predicted molar refractivity (Wildman–Crippen MR) is 122 cm³/mol. The van der Waals surface area contributed by atoms with Gasteiger partial charge in [-0.25, -0.2) is 0 Å². The van der Waals surface area contributed by atoms with Crippen molar-refractivity contribution in [1.29, 1.82) is 0 Å². The van der Waals surface area contributed by atoms with Crippen LogP contribution < -0.4 is 9.80 Å². The van der Waals surface area contributed by atoms with Gasteiger partial charge >= 0.3 is 0 Å². The Morgan fingerprint density at radius 3 is 2.61 bits per heavy atom. The van der Waals surface area contributed by atoms with Crippen molar-refractivity contribution < 1.29 is 4.42 Å². The fourth-order valence-corrected chi connectivity index (χ4v) is 4.66. The molecule has 0 spiro atoms. The summed E-state index contributed by atoms with van der Waals surface area (Å²) in [7, 11) is 4.20. The van der Waals surface area contributed by atoms with Gasteiger partial charge in [-0.2, -0.15) is 4.98 Å². The zero-order valence-electron chi connectivity index (χ0n) is 17.7. The lowest BCUT2D eigenvalue weighted by molar-refractivity contribution is 0.304. The van der Waals surface area contributed by atoms with Gasteiger partial charge < -0.3 is 18.8 Å². The smallest absolute Gasteiger partial charge is 0.247 e. The molecule has 0 aliphatic carbocycles. The molecule has 0 atom stereocenters. The number of fused-ring (bicyclic) bond motifs is 1. The summed E-state index contributed by atoms with van der Waals surface area (Å²) >= 11 is 12.2. The van der Waals surface area contributed by atoms with Crippen LogP contribution in [0, 0.1) is 0 Å². The van der Waals surface area contributed by atoms with Crippen molar-refractivity contribution in [2.24, 2.45) is 0 Å². The Morgan fingerprint density at radius 1 is 1.03 bits per heavy atom. The second-order valence-electron chi connectivity index (χ2n) is 8.30. The number of halogens is 2. The normalized spacial score (nSPS) is 17.3. The maximum atomic E-state index is 6.15. The summed E-state index contributed by atoms with van der Waals surface area (Å²) in [6.07, 6.45) is 3.65. The molecule has 0 unspecified atom stereocenters. The van der Waals surface area contributed by atoms with Gasteiger partial charge in [0.1, 0.15) is 6.54 Å². The molecule has 164 valence electrons. The van der Waals surface area contributed by atoms with Crippen LogP contribution in [-0.2, 0) is 13.1 Å². The molecule has 10 heteroatoms. The van der Waals surface area contributed by atoms with Crippen LogP contribution in [0.25, 0.3) is 11.5 Å². The van der Waals surface area contributed by atoms with Crippen molar-refractivity contribution in [2.45, 2.75) is 32.4 Å². The Hall–Kier alpha value is -2.29. The number of rotatable bonds is 4. The van der Waals surface area contributed by atoms with Crippen molar-refractivity contribution in [3.8, 4) is 11.5 Å². The van der Waals surface area contributed by atoms with E-state index in [1.807, 2.05) is 6.07 Å². The topological polar surface area (TPSA) is 66.5 Å². The summed E-state index contributed by atoms with van der Waals surface area (Å²) in [6, 6.07) is 5.30. The Morgan fingerprint density at radius 2 is 1.84 bits per heavy atom. The number of aromatic nitrogens is 4. The summed E-state index contributed by atoms with van der Waals surface area (Å²) in [5, 5.41) is 9.50. The Bertz CT molecular complexity index is 1090. The minimum absolute atomic E-state index is 0.427. The number of hydrogen-bond acceptors (Lipinski definition) is 7. The van der Waals surface area contributed by atoms with Gasteiger partial charge in [0.15, 0.2) is 5.82 Å². The van der Waals surface area contributed by atoms with Crippen molar-refractivity contribution in [2.75, 3.05) is 43.7 Å². The number of anilines is 2. The number of nitrogens with zero attached hydrogens (tertiary/aromatic N) is 7. The second kappa shape index (κ2) is 8.33. The Balaban J connectivity index is 1.49. The molecule has 0 bridgehead atoms. The highest BCUT2D eigenvalue weighted by Gasteiger charge is 2.29. The molecular weight excluding hydrogens is 437 g/mol. The van der Waals surface area contributed by atoms with Gasteiger partial charge in [0.2, 0.25) is 17.7 Å². The van der Waals surface area contributed by atoms with Crippen LogP contribution in [0.3, 0.4) is 0 Å². The molecule has 4 heterocycles. The molecule has 2 aromatic heterocycles. The third kappa shape index (κ3) is 4.00. The SMILES string of the molecule is CN1Cc2c(nc(N3CCCCC3)n2Cc2nnc(-c3ccc(Cl)c(Cl)c3)o2)N(C)C1. The molecule has 3 aromatic rings. The molecule has 0 radical (unpaired) electrons. The van der Waals surface area contributed by atoms with Gasteiger partial charge in [0.25, 0.3) is 0 Å². The lowest BCUT2D eigenvalue weighted by Crippen LogP contribution is -2.38. The zero-order chi connectivity index (χ0) is 21.5. The van der Waals surface area contributed by atoms with E-state index in [9.17, 15) is 0 Å². The average molecular weight is 462 g/mol. The maximum Gasteiger partial charge on any atom is 0.247 e. The predicted octanol–water partition coefficient (Wildman–Crippen LogP) is 4.12. The number of hydrogen-bond donors (Lipinski definition) is 0. The Labute approximate surface area is 191 Å². The van der Waals surface area contributed by atoms with E-state index in [0.29, 0.717) is 28.4 Å². The first-order valence-corrected chi connectivity index (χ1v) is 11.3. The lowest BCUT2D eigenvalue weighted by Gasteiger charge is -2.31. The third-order valence-corrected chi connectivity index (χ3v) is 6.57. The molecule has 0 amide bonds. The zero-order valence-corrected chi connectivity index (χ0v) is 19.2. The van der Waals surface area contributed by atoms with E-state index < -0.39 is 0 Å². The first kappa shape index (κ1) is 20.6. The van der Waals surface area contributed by atoms with Crippen LogP contribution >= 0.6 is 23.2 Å². The summed E-state index contributed by atoms with van der Waals surface area (Å²) < 4.78 is 8.24. The quantitative estimate of drug-likeness (QED) is 0.578. The summed E-state index contributed by atoms with van der Waals surface area (Å²) in [5.41, 5.74) is 1.92. The molecule has 31 heavy (non-hydrogen) atoms. The van der Waals surface area contributed by atoms with Crippen LogP contribution in [0.1, 0.15) is 30.8 Å². The van der Waals surface area contributed by atoms with E-state index in [4.69, 9.17) is 32.6 Å². The summed E-state index contributed by atoms with van der Waals surface area (Å²) in [6.45, 7) is 4.20. The van der Waals surface area contributed by atoms with Crippen molar-refractivity contribution in [3.05, 3.63) is 39.8 Å². The van der Waals surface area contributed by atoms with Gasteiger partial charge in [-0.3, -0.25) is 4.90 Å². The molecule has 2 aliphatic rings. The first-order valence-electron chi connectivity index (χ1n) is 10.5. The van der Waals surface area contributed by atoms with Gasteiger partial charge in [-0.1, -0.05) is 23.2 Å². The monoisotopic (exact) mass is 461 g/mol. The van der Waals surface area contributed by atoms with Gasteiger partial charge in [-0.05, 0) is 44.5 Å². The molecule has 5 rings (SSSR count). The summed E-state index contributed by atoms with van der Waals surface area (Å²) in [5.74, 6) is 2.98. The van der Waals surface area contributed by atoms with Crippen molar-refractivity contribution in [1.82, 2.24) is 24.6 Å². The van der Waals surface area contributed by atoms with Crippen molar-refractivity contribution in [3.63, 3.8) is 0 Å². The second-order valence-corrected chi connectivity index (χ2v) is 9.11. The molecule has 2 aliphatic heterocycles. The average Bonchev–Trinajstić information content (AvgIpc) is 3.37. The fraction of sp³-hybridized carbons (Fsp3) is 0.476. The standard InChI is InChI=1S/C21H25Cl2N7O/c1-27-11-17-19(28(2)13-27)24-21(29-8-4-3-5-9-29)30(17)12-18-25-26-20(31-18)14-6-7-15(22)16(23)10-14/h6-7,10H,3-5,8-9,11-13H2,1-2H3. The highest BCUT2D eigenvalue weighted by molar-refractivity contribution is 6.42. The summed E-state index contributed by atoms with van der Waals surface area (Å²) in [4.78, 5) is 11.9. The van der Waals surface area contributed by atoms with Gasteiger partial charge in [0, 0.05) is 32.2 Å². The fourth-order valence-electron chi connectivity index (χ4n) is 4.36. The van der Waals surface area contributed by atoms with Crippen LogP contribution in [-0.4, -0.2) is 58.5 Å². The molecule has 0 N–H and O–H groups in total. The van der Waals surface area contributed by atoms with Crippen LogP contribution in [0.15, 0.2) is 22.6 Å². The van der Waals surface area contributed by atoms with E-state index in [-0.39, 0.29) is 0 Å². The molecule has 0 saturated carbocycles. The molecular formula is C21H25Cl2N7O. The van der Waals surface area contributed by atoms with Gasteiger partial charge in [0.05, 0.1) is 22.4 Å². The molecule has 1 fully saturated rings.